The van der Waals surface area contributed by atoms with Crippen molar-refractivity contribution in [3.05, 3.63) is 59.4 Å². The molecule has 130 valence electrons. The van der Waals surface area contributed by atoms with Crippen LogP contribution in [0.3, 0.4) is 0 Å². The van der Waals surface area contributed by atoms with E-state index in [1.807, 2.05) is 43.1 Å². The standard InChI is InChI=1S/C19H22N4O2/c1-14-4-3-5-16(12-14)21-18(24)17-13-15(6-7-20-17)19(25)23-10-8-22(2)9-11-23/h3-7,12-13H,8-11H2,1-2H3,(H,21,24). The number of hydrogen-bond acceptors (Lipinski definition) is 4. The van der Waals surface area contributed by atoms with Crippen LogP contribution in [0, 0.1) is 6.92 Å². The average Bonchev–Trinajstić information content (AvgIpc) is 2.62. The molecule has 0 bridgehead atoms. The van der Waals surface area contributed by atoms with Gasteiger partial charge in [-0.05, 0) is 43.8 Å². The minimum atomic E-state index is -0.321. The number of amides is 2. The van der Waals surface area contributed by atoms with Gasteiger partial charge in [0.15, 0.2) is 0 Å². The Bertz CT molecular complexity index is 782. The Hall–Kier alpha value is -2.73. The zero-order valence-corrected chi connectivity index (χ0v) is 14.5. The molecule has 0 spiro atoms. The van der Waals surface area contributed by atoms with Gasteiger partial charge in [0.25, 0.3) is 11.8 Å². The summed E-state index contributed by atoms with van der Waals surface area (Å²) in [6.07, 6.45) is 1.51. The molecule has 3 rings (SSSR count). The van der Waals surface area contributed by atoms with Crippen LogP contribution >= 0.6 is 0 Å². The lowest BCUT2D eigenvalue weighted by Crippen LogP contribution is -2.47. The summed E-state index contributed by atoms with van der Waals surface area (Å²) < 4.78 is 0. The van der Waals surface area contributed by atoms with E-state index in [-0.39, 0.29) is 17.5 Å². The summed E-state index contributed by atoms with van der Waals surface area (Å²) in [6, 6.07) is 10.8. The second-order valence-electron chi connectivity index (χ2n) is 6.35. The Morgan fingerprint density at radius 1 is 1.08 bits per heavy atom. The fourth-order valence-corrected chi connectivity index (χ4v) is 2.80. The molecule has 1 aliphatic rings. The number of piperazine rings is 1. The molecule has 0 unspecified atom stereocenters. The van der Waals surface area contributed by atoms with Gasteiger partial charge < -0.3 is 15.1 Å². The highest BCUT2D eigenvalue weighted by Crippen LogP contribution is 2.13. The van der Waals surface area contributed by atoms with Gasteiger partial charge in [0, 0.05) is 43.6 Å². The van der Waals surface area contributed by atoms with E-state index in [0.717, 1.165) is 18.7 Å². The highest BCUT2D eigenvalue weighted by molar-refractivity contribution is 6.04. The van der Waals surface area contributed by atoms with Crippen molar-refractivity contribution in [1.82, 2.24) is 14.8 Å². The first-order valence-electron chi connectivity index (χ1n) is 8.35. The zero-order chi connectivity index (χ0) is 17.8. The number of carbonyl (C=O) groups is 2. The number of pyridine rings is 1. The van der Waals surface area contributed by atoms with Gasteiger partial charge in [-0.3, -0.25) is 14.6 Å². The number of anilines is 1. The van der Waals surface area contributed by atoms with Crippen molar-refractivity contribution in [2.24, 2.45) is 0 Å². The Balaban J connectivity index is 1.72. The Morgan fingerprint density at radius 2 is 1.84 bits per heavy atom. The number of benzene rings is 1. The van der Waals surface area contributed by atoms with Crippen LogP contribution in [0.25, 0.3) is 0 Å². The van der Waals surface area contributed by atoms with E-state index in [4.69, 9.17) is 0 Å². The molecule has 0 radical (unpaired) electrons. The van der Waals surface area contributed by atoms with Crippen LogP contribution in [0.2, 0.25) is 0 Å². The topological polar surface area (TPSA) is 65.5 Å². The van der Waals surface area contributed by atoms with E-state index in [9.17, 15) is 9.59 Å². The molecule has 1 fully saturated rings. The highest BCUT2D eigenvalue weighted by atomic mass is 16.2. The van der Waals surface area contributed by atoms with Crippen molar-refractivity contribution in [2.45, 2.75) is 6.92 Å². The first kappa shape index (κ1) is 17.1. The summed E-state index contributed by atoms with van der Waals surface area (Å²) in [6.45, 7) is 5.07. The minimum Gasteiger partial charge on any atom is -0.336 e. The van der Waals surface area contributed by atoms with E-state index in [0.29, 0.717) is 24.3 Å². The summed E-state index contributed by atoms with van der Waals surface area (Å²) in [7, 11) is 2.04. The second kappa shape index (κ2) is 7.44. The van der Waals surface area contributed by atoms with E-state index in [1.165, 1.54) is 6.20 Å². The number of rotatable bonds is 3. The Morgan fingerprint density at radius 3 is 2.56 bits per heavy atom. The fourth-order valence-electron chi connectivity index (χ4n) is 2.80. The van der Waals surface area contributed by atoms with E-state index >= 15 is 0 Å². The largest absolute Gasteiger partial charge is 0.336 e. The molecule has 2 heterocycles. The molecule has 1 saturated heterocycles. The molecule has 2 aromatic rings. The van der Waals surface area contributed by atoms with Gasteiger partial charge in [-0.2, -0.15) is 0 Å². The number of aryl methyl sites for hydroxylation is 1. The Labute approximate surface area is 147 Å². The third kappa shape index (κ3) is 4.22. The van der Waals surface area contributed by atoms with Crippen LogP contribution in [0.15, 0.2) is 42.6 Å². The predicted octanol–water partition coefficient (Wildman–Crippen LogP) is 2.03. The quantitative estimate of drug-likeness (QED) is 0.930. The molecule has 0 atom stereocenters. The van der Waals surface area contributed by atoms with Crippen molar-refractivity contribution in [3.8, 4) is 0 Å². The third-order valence-corrected chi connectivity index (χ3v) is 4.31. The van der Waals surface area contributed by atoms with Gasteiger partial charge in [0.05, 0.1) is 0 Å². The van der Waals surface area contributed by atoms with Gasteiger partial charge in [-0.15, -0.1) is 0 Å². The molecule has 1 aliphatic heterocycles. The maximum atomic E-state index is 12.6. The lowest BCUT2D eigenvalue weighted by Gasteiger charge is -2.32. The van der Waals surface area contributed by atoms with Crippen LogP contribution < -0.4 is 5.32 Å². The molecular weight excluding hydrogens is 316 g/mol. The predicted molar refractivity (Wildman–Crippen MR) is 96.8 cm³/mol. The number of carbonyl (C=O) groups excluding carboxylic acids is 2. The number of aromatic nitrogens is 1. The zero-order valence-electron chi connectivity index (χ0n) is 14.5. The molecule has 6 nitrogen and oxygen atoms in total. The van der Waals surface area contributed by atoms with Gasteiger partial charge in [0.1, 0.15) is 5.69 Å². The fraction of sp³-hybridized carbons (Fsp3) is 0.316. The van der Waals surface area contributed by atoms with E-state index < -0.39 is 0 Å². The van der Waals surface area contributed by atoms with E-state index in [2.05, 4.69) is 15.2 Å². The molecule has 1 N–H and O–H groups in total. The molecule has 1 aromatic heterocycles. The number of hydrogen-bond donors (Lipinski definition) is 1. The Kier molecular flexibility index (Phi) is 5.09. The molecule has 25 heavy (non-hydrogen) atoms. The summed E-state index contributed by atoms with van der Waals surface area (Å²) in [5.74, 6) is -0.376. The summed E-state index contributed by atoms with van der Waals surface area (Å²) in [4.78, 5) is 33.2. The van der Waals surface area contributed by atoms with Crippen molar-refractivity contribution < 1.29 is 9.59 Å². The summed E-state index contributed by atoms with van der Waals surface area (Å²) >= 11 is 0. The molecule has 2 amide bonds. The third-order valence-electron chi connectivity index (χ3n) is 4.31. The van der Waals surface area contributed by atoms with Crippen LogP contribution in [0.1, 0.15) is 26.4 Å². The number of nitrogens with zero attached hydrogens (tertiary/aromatic N) is 3. The summed E-state index contributed by atoms with van der Waals surface area (Å²) in [5, 5.41) is 2.82. The first-order chi connectivity index (χ1) is 12.0. The lowest BCUT2D eigenvalue weighted by molar-refractivity contribution is 0.0664. The van der Waals surface area contributed by atoms with Crippen molar-refractivity contribution >= 4 is 17.5 Å². The monoisotopic (exact) mass is 338 g/mol. The van der Waals surface area contributed by atoms with Crippen LogP contribution in [0.4, 0.5) is 5.69 Å². The van der Waals surface area contributed by atoms with Crippen LogP contribution in [0.5, 0.6) is 0 Å². The molecule has 0 aliphatic carbocycles. The average molecular weight is 338 g/mol. The second-order valence-corrected chi connectivity index (χ2v) is 6.35. The highest BCUT2D eigenvalue weighted by Gasteiger charge is 2.21. The van der Waals surface area contributed by atoms with Crippen molar-refractivity contribution in [2.75, 3.05) is 38.5 Å². The van der Waals surface area contributed by atoms with Gasteiger partial charge >= 0.3 is 0 Å². The van der Waals surface area contributed by atoms with Gasteiger partial charge in [-0.1, -0.05) is 12.1 Å². The molecule has 1 aromatic carbocycles. The van der Waals surface area contributed by atoms with Crippen LogP contribution in [-0.2, 0) is 0 Å². The lowest BCUT2D eigenvalue weighted by atomic mass is 10.1. The summed E-state index contributed by atoms with van der Waals surface area (Å²) in [5.41, 5.74) is 2.50. The van der Waals surface area contributed by atoms with Crippen molar-refractivity contribution in [1.29, 1.82) is 0 Å². The normalized spacial score (nSPS) is 15.0. The maximum Gasteiger partial charge on any atom is 0.274 e. The molecular formula is C19H22N4O2. The smallest absolute Gasteiger partial charge is 0.274 e. The van der Waals surface area contributed by atoms with Gasteiger partial charge in [0.2, 0.25) is 0 Å². The van der Waals surface area contributed by atoms with Crippen LogP contribution in [-0.4, -0.2) is 59.8 Å². The molecule has 6 heteroatoms. The van der Waals surface area contributed by atoms with E-state index in [1.54, 1.807) is 12.1 Å². The first-order valence-corrected chi connectivity index (χ1v) is 8.35. The number of likely N-dealkylation sites (N-methyl/N-ethyl adjacent to an activating group) is 1. The SMILES string of the molecule is Cc1cccc(NC(=O)c2cc(C(=O)N3CCN(C)CC3)ccn2)c1. The number of nitrogens with one attached hydrogen (secondary N) is 1. The minimum absolute atomic E-state index is 0.0555. The van der Waals surface area contributed by atoms with Gasteiger partial charge in [-0.25, -0.2) is 0 Å². The molecule has 0 saturated carbocycles. The van der Waals surface area contributed by atoms with Crippen molar-refractivity contribution in [3.63, 3.8) is 0 Å². The maximum absolute atomic E-state index is 12.6.